The van der Waals surface area contributed by atoms with Crippen LogP contribution in [-0.4, -0.2) is 0 Å². The van der Waals surface area contributed by atoms with Gasteiger partial charge in [-0.05, 0) is 109 Å². The van der Waals surface area contributed by atoms with Crippen LogP contribution < -0.4 is 0 Å². The fourth-order valence-electron chi connectivity index (χ4n) is 7.28. The van der Waals surface area contributed by atoms with E-state index >= 15 is 8.78 Å². The molecule has 0 amide bonds. The monoisotopic (exact) mass is 584 g/mol. The Morgan fingerprint density at radius 3 is 2.00 bits per heavy atom. The first-order chi connectivity index (χ1) is 21.0. The van der Waals surface area contributed by atoms with E-state index in [2.05, 4.69) is 25.7 Å². The molecule has 3 aromatic carbocycles. The molecule has 0 radical (unpaired) electrons. The lowest BCUT2D eigenvalue weighted by molar-refractivity contribution is 0.212. The smallest absolute Gasteiger partial charge is 0.166 e. The van der Waals surface area contributed by atoms with Gasteiger partial charge in [-0.3, -0.25) is 0 Å². The van der Waals surface area contributed by atoms with E-state index in [4.69, 9.17) is 0 Å². The molecule has 0 heterocycles. The standard InChI is InChI=1S/C40H47F3/c1-3-5-6-7-8-9-10-34-23-26-37(40(43)39(34)42)33-21-19-32(20-22-33)36-25-24-35(27-38(36)41)31-17-15-30(16-18-31)29-13-11-28(4-2)12-14-29/h4,17,19-30H,2-3,5-16,18H2,1H3. The average Bonchev–Trinajstić information content (AvgIpc) is 3.05. The third-order valence-electron chi connectivity index (χ3n) is 10.1. The van der Waals surface area contributed by atoms with Crippen LogP contribution in [0, 0.1) is 35.2 Å². The molecule has 3 heteroatoms. The van der Waals surface area contributed by atoms with Crippen LogP contribution >= 0.6 is 0 Å². The van der Waals surface area contributed by atoms with E-state index in [0.717, 1.165) is 55.1 Å². The molecular weight excluding hydrogens is 537 g/mol. The van der Waals surface area contributed by atoms with Gasteiger partial charge in [0.05, 0.1) is 0 Å². The van der Waals surface area contributed by atoms with Crippen molar-refractivity contribution < 1.29 is 13.2 Å². The lowest BCUT2D eigenvalue weighted by Gasteiger charge is -2.34. The molecule has 0 N–H and O–H groups in total. The summed E-state index contributed by atoms with van der Waals surface area (Å²) in [6.45, 7) is 6.15. The van der Waals surface area contributed by atoms with Crippen molar-refractivity contribution in [3.8, 4) is 22.3 Å². The molecule has 2 aliphatic rings. The molecule has 0 spiro atoms. The first-order valence-corrected chi connectivity index (χ1v) is 16.7. The van der Waals surface area contributed by atoms with E-state index in [1.165, 1.54) is 56.9 Å². The number of benzene rings is 3. The van der Waals surface area contributed by atoms with Gasteiger partial charge < -0.3 is 0 Å². The van der Waals surface area contributed by atoms with Gasteiger partial charge in [-0.25, -0.2) is 13.2 Å². The minimum absolute atomic E-state index is 0.239. The fraction of sp³-hybridized carbons (Fsp3) is 0.450. The van der Waals surface area contributed by atoms with Gasteiger partial charge >= 0.3 is 0 Å². The predicted octanol–water partition coefficient (Wildman–Crippen LogP) is 12.5. The molecular formula is C40H47F3. The van der Waals surface area contributed by atoms with Crippen LogP contribution in [0.25, 0.3) is 27.8 Å². The third kappa shape index (κ3) is 7.72. The number of hydrogen-bond acceptors (Lipinski definition) is 0. The normalized spacial score (nSPS) is 20.6. The maximum Gasteiger partial charge on any atom is 0.166 e. The minimum atomic E-state index is -0.806. The Kier molecular flexibility index (Phi) is 11.0. The summed E-state index contributed by atoms with van der Waals surface area (Å²) in [6.07, 6.45) is 20.1. The van der Waals surface area contributed by atoms with E-state index in [1.807, 2.05) is 12.1 Å². The van der Waals surface area contributed by atoms with Crippen molar-refractivity contribution in [1.82, 2.24) is 0 Å². The summed E-state index contributed by atoms with van der Waals surface area (Å²) in [5.74, 6) is 0.432. The second kappa shape index (κ2) is 15.1. The summed E-state index contributed by atoms with van der Waals surface area (Å²) in [4.78, 5) is 0. The topological polar surface area (TPSA) is 0 Å². The summed E-state index contributed by atoms with van der Waals surface area (Å²) in [5.41, 5.74) is 4.71. The van der Waals surface area contributed by atoms with Crippen LogP contribution in [0.1, 0.15) is 102 Å². The molecule has 0 saturated heterocycles. The third-order valence-corrected chi connectivity index (χ3v) is 10.1. The Bertz CT molecular complexity index is 1390. The summed E-state index contributed by atoms with van der Waals surface area (Å²) >= 11 is 0. The molecule has 228 valence electrons. The molecule has 1 fully saturated rings. The van der Waals surface area contributed by atoms with Gasteiger partial charge in [-0.15, -0.1) is 6.58 Å². The van der Waals surface area contributed by atoms with Gasteiger partial charge in [0.2, 0.25) is 0 Å². The number of rotatable bonds is 12. The van der Waals surface area contributed by atoms with Gasteiger partial charge in [0.1, 0.15) is 5.82 Å². The van der Waals surface area contributed by atoms with E-state index in [9.17, 15) is 4.39 Å². The van der Waals surface area contributed by atoms with E-state index < -0.39 is 11.6 Å². The number of halogens is 3. The first-order valence-electron chi connectivity index (χ1n) is 16.7. The van der Waals surface area contributed by atoms with Gasteiger partial charge in [-0.1, -0.05) is 99.7 Å². The molecule has 1 unspecified atom stereocenters. The highest BCUT2D eigenvalue weighted by molar-refractivity contribution is 5.74. The average molecular weight is 585 g/mol. The molecule has 0 aromatic heterocycles. The second-order valence-corrected chi connectivity index (χ2v) is 12.9. The lowest BCUT2D eigenvalue weighted by Crippen LogP contribution is -2.22. The largest absolute Gasteiger partial charge is 0.206 e. The summed E-state index contributed by atoms with van der Waals surface area (Å²) in [6, 6.07) is 16.0. The van der Waals surface area contributed by atoms with E-state index in [-0.39, 0.29) is 11.4 Å². The van der Waals surface area contributed by atoms with Crippen LogP contribution in [0.5, 0.6) is 0 Å². The van der Waals surface area contributed by atoms with Crippen molar-refractivity contribution in [3.05, 3.63) is 102 Å². The highest BCUT2D eigenvalue weighted by Crippen LogP contribution is 2.42. The molecule has 5 rings (SSSR count). The van der Waals surface area contributed by atoms with Crippen molar-refractivity contribution in [1.29, 1.82) is 0 Å². The zero-order chi connectivity index (χ0) is 30.2. The number of hydrogen-bond donors (Lipinski definition) is 0. The van der Waals surface area contributed by atoms with Crippen molar-refractivity contribution >= 4 is 5.57 Å². The Hall–Kier alpha value is -3.07. The molecule has 2 aliphatic carbocycles. The van der Waals surface area contributed by atoms with Crippen molar-refractivity contribution in [2.75, 3.05) is 0 Å². The van der Waals surface area contributed by atoms with Crippen LogP contribution in [0.2, 0.25) is 0 Å². The molecule has 0 nitrogen and oxygen atoms in total. The zero-order valence-electron chi connectivity index (χ0n) is 25.8. The second-order valence-electron chi connectivity index (χ2n) is 12.9. The minimum Gasteiger partial charge on any atom is -0.206 e. The van der Waals surface area contributed by atoms with Crippen LogP contribution in [-0.2, 0) is 6.42 Å². The molecule has 43 heavy (non-hydrogen) atoms. The maximum absolute atomic E-state index is 15.4. The highest BCUT2D eigenvalue weighted by Gasteiger charge is 2.28. The molecule has 1 saturated carbocycles. The number of unbranched alkanes of at least 4 members (excludes halogenated alkanes) is 5. The Labute approximate surface area is 257 Å². The van der Waals surface area contributed by atoms with Crippen molar-refractivity contribution in [2.45, 2.75) is 96.8 Å². The Morgan fingerprint density at radius 1 is 0.698 bits per heavy atom. The molecule has 0 aliphatic heterocycles. The van der Waals surface area contributed by atoms with E-state index in [0.29, 0.717) is 29.0 Å². The quantitative estimate of drug-likeness (QED) is 0.147. The summed E-state index contributed by atoms with van der Waals surface area (Å²) in [5, 5.41) is 0. The molecule has 3 aromatic rings. The Balaban J connectivity index is 1.21. The van der Waals surface area contributed by atoms with Crippen molar-refractivity contribution in [2.24, 2.45) is 17.8 Å². The van der Waals surface area contributed by atoms with E-state index in [1.54, 1.807) is 42.5 Å². The van der Waals surface area contributed by atoms with Crippen LogP contribution in [0.3, 0.4) is 0 Å². The predicted molar refractivity (Wildman–Crippen MR) is 175 cm³/mol. The number of allylic oxidation sites excluding steroid dienone is 3. The van der Waals surface area contributed by atoms with Crippen LogP contribution in [0.15, 0.2) is 73.3 Å². The van der Waals surface area contributed by atoms with Gasteiger partial charge in [0.25, 0.3) is 0 Å². The molecule has 1 atom stereocenters. The Morgan fingerprint density at radius 2 is 1.35 bits per heavy atom. The maximum atomic E-state index is 15.4. The van der Waals surface area contributed by atoms with Crippen molar-refractivity contribution in [3.63, 3.8) is 0 Å². The van der Waals surface area contributed by atoms with Gasteiger partial charge in [0, 0.05) is 11.1 Å². The zero-order valence-corrected chi connectivity index (χ0v) is 25.8. The van der Waals surface area contributed by atoms with Crippen LogP contribution in [0.4, 0.5) is 13.2 Å². The summed E-state index contributed by atoms with van der Waals surface area (Å²) in [7, 11) is 0. The fourth-order valence-corrected chi connectivity index (χ4v) is 7.28. The first kappa shape index (κ1) is 31.4. The SMILES string of the molecule is C=CC1CCC(C2CC=C(c3ccc(-c4ccc(-c5ccc(CCCCCCCC)c(F)c5F)cc4)c(F)c3)CC2)CC1. The lowest BCUT2D eigenvalue weighted by atomic mass is 9.71. The van der Waals surface area contributed by atoms with Gasteiger partial charge in [0.15, 0.2) is 11.6 Å². The summed E-state index contributed by atoms with van der Waals surface area (Å²) < 4.78 is 45.3. The highest BCUT2D eigenvalue weighted by atomic mass is 19.2. The van der Waals surface area contributed by atoms with Gasteiger partial charge in [-0.2, -0.15) is 0 Å². The molecule has 0 bridgehead atoms. The number of aryl methyl sites for hydroxylation is 1.